The second-order valence-corrected chi connectivity index (χ2v) is 9.76. The van der Waals surface area contributed by atoms with Crippen LogP contribution in [-0.4, -0.2) is 52.4 Å². The number of thioether (sulfide) groups is 1. The van der Waals surface area contributed by atoms with Crippen LogP contribution in [-0.2, 0) is 22.5 Å². The smallest absolute Gasteiger partial charge is 0.263 e. The largest absolute Gasteiger partial charge is 0.378 e. The number of nitrogens with zero attached hydrogens (tertiary/aromatic N) is 3. The number of morpholine rings is 1. The number of thiophene rings is 1. The molecule has 1 saturated heterocycles. The van der Waals surface area contributed by atoms with Gasteiger partial charge < -0.3 is 9.64 Å². The predicted molar refractivity (Wildman–Crippen MR) is 126 cm³/mol. The second-order valence-electron chi connectivity index (χ2n) is 7.74. The number of hydrogen-bond donors (Lipinski definition) is 0. The Morgan fingerprint density at radius 3 is 2.58 bits per heavy atom. The Hall–Kier alpha value is -2.16. The van der Waals surface area contributed by atoms with Crippen LogP contribution >= 0.6 is 23.1 Å². The molecule has 0 N–H and O–H groups in total. The summed E-state index contributed by atoms with van der Waals surface area (Å²) in [5.74, 6) is 0.317. The van der Waals surface area contributed by atoms with Crippen LogP contribution in [0.25, 0.3) is 10.2 Å². The van der Waals surface area contributed by atoms with Crippen LogP contribution in [0.2, 0.25) is 0 Å². The highest BCUT2D eigenvalue weighted by Crippen LogP contribution is 2.30. The first-order valence-electron chi connectivity index (χ1n) is 10.5. The maximum absolute atomic E-state index is 13.5. The molecule has 31 heavy (non-hydrogen) atoms. The van der Waals surface area contributed by atoms with E-state index in [4.69, 9.17) is 9.72 Å². The molecule has 6 nitrogen and oxygen atoms in total. The number of rotatable bonds is 6. The van der Waals surface area contributed by atoms with Gasteiger partial charge in [-0.25, -0.2) is 4.98 Å². The third-order valence-corrected chi connectivity index (χ3v) is 7.88. The SMILES string of the molecule is CCc1sc2nc(SCC(=O)N3CCOCC3)n(Cc3ccc(C)cc3)c(=O)c2c1C. The van der Waals surface area contributed by atoms with E-state index >= 15 is 0 Å². The van der Waals surface area contributed by atoms with Gasteiger partial charge >= 0.3 is 0 Å². The van der Waals surface area contributed by atoms with Crippen LogP contribution < -0.4 is 5.56 Å². The number of amides is 1. The number of carbonyl (C=O) groups excluding carboxylic acids is 1. The summed E-state index contributed by atoms with van der Waals surface area (Å²) in [6, 6.07) is 8.17. The standard InChI is InChI=1S/C23H27N3O3S2/c1-4-18-16(3)20-21(31-18)24-23(30-14-19(27)25-9-11-29-12-10-25)26(22(20)28)13-17-7-5-15(2)6-8-17/h5-8H,4,9-14H2,1-3H3. The molecule has 1 fully saturated rings. The molecule has 0 bridgehead atoms. The van der Waals surface area contributed by atoms with Crippen LogP contribution in [0.15, 0.2) is 34.2 Å². The first kappa shape index (κ1) is 22.0. The Balaban J connectivity index is 1.69. The van der Waals surface area contributed by atoms with Crippen molar-refractivity contribution in [1.29, 1.82) is 0 Å². The van der Waals surface area contributed by atoms with Crippen LogP contribution in [0.1, 0.15) is 28.5 Å². The van der Waals surface area contributed by atoms with Crippen molar-refractivity contribution in [1.82, 2.24) is 14.5 Å². The van der Waals surface area contributed by atoms with E-state index in [1.165, 1.54) is 22.2 Å². The zero-order valence-corrected chi connectivity index (χ0v) is 19.8. The van der Waals surface area contributed by atoms with Crippen LogP contribution in [0.5, 0.6) is 0 Å². The second kappa shape index (κ2) is 9.54. The van der Waals surface area contributed by atoms with E-state index in [0.29, 0.717) is 43.4 Å². The lowest BCUT2D eigenvalue weighted by atomic mass is 10.1. The van der Waals surface area contributed by atoms with Gasteiger partial charge in [0.25, 0.3) is 5.56 Å². The minimum atomic E-state index is -0.0275. The fourth-order valence-corrected chi connectivity index (χ4v) is 5.80. The van der Waals surface area contributed by atoms with E-state index in [9.17, 15) is 9.59 Å². The number of hydrogen-bond acceptors (Lipinski definition) is 6. The maximum atomic E-state index is 13.5. The third kappa shape index (κ3) is 4.71. The molecule has 0 spiro atoms. The molecular formula is C23H27N3O3S2. The Bertz CT molecular complexity index is 1150. The molecule has 3 heterocycles. The quantitative estimate of drug-likeness (QED) is 0.418. The Morgan fingerprint density at radius 2 is 1.90 bits per heavy atom. The van der Waals surface area contributed by atoms with Crippen LogP contribution in [0.3, 0.4) is 0 Å². The van der Waals surface area contributed by atoms with Crippen molar-refractivity contribution in [3.8, 4) is 0 Å². The lowest BCUT2D eigenvalue weighted by Gasteiger charge is -2.26. The minimum absolute atomic E-state index is 0.0275. The predicted octanol–water partition coefficient (Wildman–Crippen LogP) is 3.64. The van der Waals surface area contributed by atoms with Crippen molar-refractivity contribution in [2.75, 3.05) is 32.1 Å². The van der Waals surface area contributed by atoms with Gasteiger partial charge in [0.1, 0.15) is 4.83 Å². The number of ether oxygens (including phenoxy) is 1. The van der Waals surface area contributed by atoms with Crippen molar-refractivity contribution in [2.45, 2.75) is 38.9 Å². The molecule has 1 aromatic carbocycles. The van der Waals surface area contributed by atoms with Crippen molar-refractivity contribution in [3.63, 3.8) is 0 Å². The highest BCUT2D eigenvalue weighted by Gasteiger charge is 2.21. The molecule has 0 unspecified atom stereocenters. The number of carbonyl (C=O) groups is 1. The third-order valence-electron chi connectivity index (χ3n) is 5.59. The van der Waals surface area contributed by atoms with Crippen molar-refractivity contribution in [2.24, 2.45) is 0 Å². The Morgan fingerprint density at radius 1 is 1.19 bits per heavy atom. The Kier molecular flexibility index (Phi) is 6.79. The summed E-state index contributed by atoms with van der Waals surface area (Å²) in [6.45, 7) is 8.97. The molecule has 4 rings (SSSR count). The van der Waals surface area contributed by atoms with Gasteiger partial charge in [-0.2, -0.15) is 0 Å². The summed E-state index contributed by atoms with van der Waals surface area (Å²) in [7, 11) is 0. The molecule has 1 aliphatic heterocycles. The molecule has 1 aliphatic rings. The maximum Gasteiger partial charge on any atom is 0.263 e. The summed E-state index contributed by atoms with van der Waals surface area (Å²) in [5, 5.41) is 1.31. The van der Waals surface area contributed by atoms with E-state index < -0.39 is 0 Å². The zero-order chi connectivity index (χ0) is 22.0. The summed E-state index contributed by atoms with van der Waals surface area (Å²) < 4.78 is 7.06. The molecule has 3 aromatic rings. The van der Waals surface area contributed by atoms with E-state index in [1.807, 2.05) is 43.0 Å². The molecule has 2 aromatic heterocycles. The monoisotopic (exact) mass is 457 g/mol. The molecule has 8 heteroatoms. The highest BCUT2D eigenvalue weighted by atomic mass is 32.2. The van der Waals surface area contributed by atoms with E-state index in [2.05, 4.69) is 6.92 Å². The van der Waals surface area contributed by atoms with Gasteiger partial charge in [0, 0.05) is 18.0 Å². The fraction of sp³-hybridized carbons (Fsp3) is 0.435. The van der Waals surface area contributed by atoms with Crippen molar-refractivity contribution < 1.29 is 9.53 Å². The summed E-state index contributed by atoms with van der Waals surface area (Å²) >= 11 is 2.93. The minimum Gasteiger partial charge on any atom is -0.378 e. The summed E-state index contributed by atoms with van der Waals surface area (Å²) in [5.41, 5.74) is 3.22. The average Bonchev–Trinajstić information content (AvgIpc) is 3.11. The van der Waals surface area contributed by atoms with Crippen LogP contribution in [0, 0.1) is 13.8 Å². The first-order valence-corrected chi connectivity index (χ1v) is 12.3. The van der Waals surface area contributed by atoms with E-state index in [0.717, 1.165) is 22.4 Å². The molecule has 0 radical (unpaired) electrons. The fourth-order valence-electron chi connectivity index (χ4n) is 3.74. The normalized spacial score (nSPS) is 14.4. The van der Waals surface area contributed by atoms with Gasteiger partial charge in [-0.3, -0.25) is 14.2 Å². The molecular weight excluding hydrogens is 430 g/mol. The van der Waals surface area contributed by atoms with E-state index in [1.54, 1.807) is 15.9 Å². The molecule has 0 saturated carbocycles. The van der Waals surface area contributed by atoms with Gasteiger partial charge in [-0.1, -0.05) is 48.5 Å². The number of aromatic nitrogens is 2. The van der Waals surface area contributed by atoms with Gasteiger partial charge in [-0.15, -0.1) is 11.3 Å². The topological polar surface area (TPSA) is 64.4 Å². The molecule has 0 atom stereocenters. The van der Waals surface area contributed by atoms with Gasteiger partial charge in [0.2, 0.25) is 5.91 Å². The lowest BCUT2D eigenvalue weighted by Crippen LogP contribution is -2.41. The summed E-state index contributed by atoms with van der Waals surface area (Å²) in [6.07, 6.45) is 0.877. The number of benzene rings is 1. The summed E-state index contributed by atoms with van der Waals surface area (Å²) in [4.78, 5) is 34.8. The lowest BCUT2D eigenvalue weighted by molar-refractivity contribution is -0.132. The van der Waals surface area contributed by atoms with Gasteiger partial charge in [-0.05, 0) is 31.4 Å². The molecule has 164 valence electrons. The van der Waals surface area contributed by atoms with Gasteiger partial charge in [0.15, 0.2) is 5.16 Å². The van der Waals surface area contributed by atoms with Gasteiger partial charge in [0.05, 0.1) is 30.9 Å². The van der Waals surface area contributed by atoms with Crippen molar-refractivity contribution >= 4 is 39.2 Å². The number of fused-ring (bicyclic) bond motifs is 1. The molecule has 0 aliphatic carbocycles. The average molecular weight is 458 g/mol. The zero-order valence-electron chi connectivity index (χ0n) is 18.1. The first-order chi connectivity index (χ1) is 15.0. The van der Waals surface area contributed by atoms with Crippen LogP contribution in [0.4, 0.5) is 0 Å². The van der Waals surface area contributed by atoms with Crippen molar-refractivity contribution in [3.05, 3.63) is 56.2 Å². The van der Waals surface area contributed by atoms with E-state index in [-0.39, 0.29) is 17.2 Å². The molecule has 1 amide bonds. The highest BCUT2D eigenvalue weighted by molar-refractivity contribution is 7.99. The number of aryl methyl sites for hydroxylation is 3. The Labute approximate surface area is 190 Å².